The first-order chi connectivity index (χ1) is 12.4. The van der Waals surface area contributed by atoms with Crippen molar-refractivity contribution in [2.24, 2.45) is 0 Å². The van der Waals surface area contributed by atoms with E-state index in [1.54, 1.807) is 0 Å². The second-order valence-electron chi connectivity index (χ2n) is 7.96. The molecule has 2 aliphatic heterocycles. The molecule has 1 aromatic carbocycles. The lowest BCUT2D eigenvalue weighted by molar-refractivity contribution is 0.0237. The molecule has 0 radical (unpaired) electrons. The second-order valence-corrected chi connectivity index (χ2v) is 7.96. The van der Waals surface area contributed by atoms with Gasteiger partial charge in [0.25, 0.3) is 0 Å². The fraction of sp³-hybridized carbons (Fsp3) is 0.571. The van der Waals surface area contributed by atoms with E-state index < -0.39 is 5.60 Å². The number of anilines is 1. The van der Waals surface area contributed by atoms with Crippen molar-refractivity contribution in [2.45, 2.75) is 39.2 Å². The van der Waals surface area contributed by atoms with Crippen molar-refractivity contribution in [2.75, 3.05) is 44.3 Å². The molecular weight excluding hydrogens is 328 g/mol. The summed E-state index contributed by atoms with van der Waals surface area (Å²) in [4.78, 5) is 16.4. The van der Waals surface area contributed by atoms with Crippen molar-refractivity contribution >= 4 is 17.9 Å². The molecule has 5 nitrogen and oxygen atoms in total. The highest BCUT2D eigenvalue weighted by Crippen LogP contribution is 2.24. The number of hydrogen-bond acceptors (Lipinski definition) is 4. The monoisotopic (exact) mass is 358 g/mol. The third kappa shape index (κ3) is 5.24. The van der Waals surface area contributed by atoms with E-state index in [1.165, 1.54) is 16.8 Å². The van der Waals surface area contributed by atoms with Crippen LogP contribution in [-0.4, -0.2) is 56.0 Å². The van der Waals surface area contributed by atoms with Gasteiger partial charge in [-0.05, 0) is 51.3 Å². The van der Waals surface area contributed by atoms with Gasteiger partial charge in [-0.1, -0.05) is 23.8 Å². The zero-order valence-corrected chi connectivity index (χ0v) is 16.2. The Balaban J connectivity index is 1.59. The number of carbonyl (C=O) groups excluding carboxylic acids is 1. The van der Waals surface area contributed by atoms with Crippen LogP contribution in [0.1, 0.15) is 39.2 Å². The molecular formula is C21H30N2O3. The SMILES string of the molecule is CC(C)(C)OC(=O)N1CCC(=Cc2cccc(N3CCOCC3)c2)CC1. The summed E-state index contributed by atoms with van der Waals surface area (Å²) in [6, 6.07) is 8.68. The molecule has 2 aliphatic rings. The van der Waals surface area contributed by atoms with E-state index in [-0.39, 0.29) is 6.09 Å². The predicted molar refractivity (Wildman–Crippen MR) is 104 cm³/mol. The van der Waals surface area contributed by atoms with E-state index in [0.29, 0.717) is 0 Å². The van der Waals surface area contributed by atoms with Gasteiger partial charge in [-0.2, -0.15) is 0 Å². The molecule has 0 aromatic heterocycles. The highest BCUT2D eigenvalue weighted by molar-refractivity contribution is 5.69. The summed E-state index contributed by atoms with van der Waals surface area (Å²) >= 11 is 0. The summed E-state index contributed by atoms with van der Waals surface area (Å²) in [5.74, 6) is 0. The Bertz CT molecular complexity index is 647. The molecule has 0 N–H and O–H groups in total. The highest BCUT2D eigenvalue weighted by atomic mass is 16.6. The lowest BCUT2D eigenvalue weighted by Gasteiger charge is -2.31. The van der Waals surface area contributed by atoms with Gasteiger partial charge in [0.05, 0.1) is 13.2 Å². The van der Waals surface area contributed by atoms with Crippen molar-refractivity contribution in [3.63, 3.8) is 0 Å². The van der Waals surface area contributed by atoms with Crippen LogP contribution in [0.4, 0.5) is 10.5 Å². The Morgan fingerprint density at radius 1 is 1.12 bits per heavy atom. The van der Waals surface area contributed by atoms with Crippen LogP contribution in [0, 0.1) is 0 Å². The first-order valence-electron chi connectivity index (χ1n) is 9.51. The molecule has 1 aromatic rings. The van der Waals surface area contributed by atoms with Crippen LogP contribution < -0.4 is 4.90 Å². The van der Waals surface area contributed by atoms with Crippen LogP contribution in [-0.2, 0) is 9.47 Å². The van der Waals surface area contributed by atoms with Crippen molar-refractivity contribution < 1.29 is 14.3 Å². The number of likely N-dealkylation sites (tertiary alicyclic amines) is 1. The van der Waals surface area contributed by atoms with Crippen molar-refractivity contribution in [3.05, 3.63) is 35.4 Å². The fourth-order valence-electron chi connectivity index (χ4n) is 3.32. The Morgan fingerprint density at radius 3 is 2.46 bits per heavy atom. The average molecular weight is 358 g/mol. The molecule has 142 valence electrons. The largest absolute Gasteiger partial charge is 0.444 e. The number of hydrogen-bond donors (Lipinski definition) is 0. The van der Waals surface area contributed by atoms with Crippen LogP contribution in [0.25, 0.3) is 6.08 Å². The first-order valence-corrected chi connectivity index (χ1v) is 9.51. The normalized spacial score (nSPS) is 18.7. The van der Waals surface area contributed by atoms with Crippen LogP contribution in [0.2, 0.25) is 0 Å². The van der Waals surface area contributed by atoms with Gasteiger partial charge in [0.15, 0.2) is 0 Å². The Morgan fingerprint density at radius 2 is 1.81 bits per heavy atom. The molecule has 0 unspecified atom stereocenters. The van der Waals surface area contributed by atoms with Crippen LogP contribution in [0.3, 0.4) is 0 Å². The molecule has 0 spiro atoms. The summed E-state index contributed by atoms with van der Waals surface area (Å²) in [5.41, 5.74) is 3.44. The minimum atomic E-state index is -0.437. The molecule has 1 amide bonds. The molecule has 2 heterocycles. The van der Waals surface area contributed by atoms with E-state index in [2.05, 4.69) is 35.2 Å². The second kappa shape index (κ2) is 8.12. The van der Waals surface area contributed by atoms with Crippen LogP contribution >= 0.6 is 0 Å². The fourth-order valence-corrected chi connectivity index (χ4v) is 3.32. The number of carbonyl (C=O) groups is 1. The zero-order valence-electron chi connectivity index (χ0n) is 16.2. The van der Waals surface area contributed by atoms with Crippen LogP contribution in [0.15, 0.2) is 29.8 Å². The molecule has 3 rings (SSSR count). The summed E-state index contributed by atoms with van der Waals surface area (Å²) in [5, 5.41) is 0. The number of amides is 1. The molecule has 0 atom stereocenters. The minimum absolute atomic E-state index is 0.203. The quantitative estimate of drug-likeness (QED) is 0.803. The number of morpholine rings is 1. The molecule has 0 bridgehead atoms. The smallest absolute Gasteiger partial charge is 0.410 e. The number of ether oxygens (including phenoxy) is 2. The van der Waals surface area contributed by atoms with Gasteiger partial charge >= 0.3 is 6.09 Å². The van der Waals surface area contributed by atoms with Gasteiger partial charge in [0.2, 0.25) is 0 Å². The predicted octanol–water partition coefficient (Wildman–Crippen LogP) is 3.94. The van der Waals surface area contributed by atoms with Gasteiger partial charge < -0.3 is 19.3 Å². The average Bonchev–Trinajstić information content (AvgIpc) is 2.62. The maximum atomic E-state index is 12.2. The Kier molecular flexibility index (Phi) is 5.87. The summed E-state index contributed by atoms with van der Waals surface area (Å²) in [6.07, 6.45) is 3.88. The van der Waals surface area contributed by atoms with Crippen molar-refractivity contribution in [3.8, 4) is 0 Å². The molecule has 5 heteroatoms. The van der Waals surface area contributed by atoms with Crippen LogP contribution in [0.5, 0.6) is 0 Å². The molecule has 0 saturated carbocycles. The lowest BCUT2D eigenvalue weighted by Crippen LogP contribution is -2.40. The number of rotatable bonds is 2. The standard InChI is InChI=1S/C21H30N2O3/c1-21(2,3)26-20(24)23-9-7-17(8-10-23)15-18-5-4-6-19(16-18)22-11-13-25-14-12-22/h4-6,15-16H,7-14H2,1-3H3. The summed E-state index contributed by atoms with van der Waals surface area (Å²) < 4.78 is 10.9. The number of nitrogens with zero attached hydrogens (tertiary/aromatic N) is 2. The van der Waals surface area contributed by atoms with Crippen molar-refractivity contribution in [1.29, 1.82) is 0 Å². The third-order valence-electron chi connectivity index (χ3n) is 4.67. The van der Waals surface area contributed by atoms with E-state index in [0.717, 1.165) is 52.2 Å². The van der Waals surface area contributed by atoms with E-state index in [9.17, 15) is 4.79 Å². The number of piperidine rings is 1. The zero-order chi connectivity index (χ0) is 18.6. The molecule has 26 heavy (non-hydrogen) atoms. The van der Waals surface area contributed by atoms with Gasteiger partial charge in [0.1, 0.15) is 5.60 Å². The highest BCUT2D eigenvalue weighted by Gasteiger charge is 2.24. The summed E-state index contributed by atoms with van der Waals surface area (Å²) in [7, 11) is 0. The Labute approximate surface area is 156 Å². The van der Waals surface area contributed by atoms with E-state index >= 15 is 0 Å². The summed E-state index contributed by atoms with van der Waals surface area (Å²) in [6.45, 7) is 10.7. The molecule has 2 saturated heterocycles. The third-order valence-corrected chi connectivity index (χ3v) is 4.67. The number of benzene rings is 1. The van der Waals surface area contributed by atoms with Gasteiger partial charge in [-0.3, -0.25) is 0 Å². The maximum Gasteiger partial charge on any atom is 0.410 e. The maximum absolute atomic E-state index is 12.2. The molecule has 0 aliphatic carbocycles. The lowest BCUT2D eigenvalue weighted by atomic mass is 10.0. The minimum Gasteiger partial charge on any atom is -0.444 e. The molecule has 2 fully saturated rings. The topological polar surface area (TPSA) is 42.0 Å². The van der Waals surface area contributed by atoms with E-state index in [4.69, 9.17) is 9.47 Å². The first kappa shape index (κ1) is 18.8. The van der Waals surface area contributed by atoms with Gasteiger partial charge in [-0.25, -0.2) is 4.79 Å². The van der Waals surface area contributed by atoms with Crippen molar-refractivity contribution in [1.82, 2.24) is 4.90 Å². The van der Waals surface area contributed by atoms with Gasteiger partial charge in [0, 0.05) is 31.9 Å². The van der Waals surface area contributed by atoms with E-state index in [1.807, 2.05) is 25.7 Å². The van der Waals surface area contributed by atoms with Gasteiger partial charge in [-0.15, -0.1) is 0 Å². The Hall–Kier alpha value is -2.01.